The molecule has 0 unspecified atom stereocenters. The second kappa shape index (κ2) is 12.8. The standard InChI is InChI=1S/C38H50FN5O3/c1-24-30(20-34(45)46)36(42-17-12-37(3,4)13-18-42)35(25(2)41-24)28-7-8-29-23-43(14-9-27(29)19-28)33-21-32(40-22-31(33)39)26-10-15-44(16-11-26)38(5,6)47/h7-8,19,21-22,26,47H,9-18,20,23H2,1-6H3,(H,45,46). The van der Waals surface area contributed by atoms with Gasteiger partial charge < -0.3 is 20.0 Å². The van der Waals surface area contributed by atoms with E-state index in [1.165, 1.54) is 17.3 Å². The van der Waals surface area contributed by atoms with Crippen molar-refractivity contribution < 1.29 is 19.4 Å². The normalized spacial score (nSPS) is 19.1. The molecule has 1 aromatic carbocycles. The first-order valence-corrected chi connectivity index (χ1v) is 17.2. The Bertz CT molecular complexity index is 1650. The highest BCUT2D eigenvalue weighted by Gasteiger charge is 2.32. The molecule has 8 nitrogen and oxygen atoms in total. The Kier molecular flexibility index (Phi) is 9.09. The second-order valence-corrected chi connectivity index (χ2v) is 15.2. The van der Waals surface area contributed by atoms with Crippen LogP contribution in [-0.2, 0) is 24.2 Å². The molecule has 0 radical (unpaired) electrons. The van der Waals surface area contributed by atoms with Crippen LogP contribution in [0.4, 0.5) is 15.8 Å². The molecule has 5 heterocycles. The van der Waals surface area contributed by atoms with Crippen molar-refractivity contribution in [3.63, 3.8) is 0 Å². The van der Waals surface area contributed by atoms with E-state index in [1.807, 2.05) is 33.8 Å². The van der Waals surface area contributed by atoms with Crippen LogP contribution in [0.15, 0.2) is 30.5 Å². The molecule has 0 saturated carbocycles. The van der Waals surface area contributed by atoms with E-state index in [2.05, 4.69) is 51.7 Å². The molecule has 0 bridgehead atoms. The zero-order chi connectivity index (χ0) is 33.7. The average Bonchev–Trinajstić information content (AvgIpc) is 3.01. The highest BCUT2D eigenvalue weighted by Crippen LogP contribution is 2.42. The number of aliphatic carboxylic acids is 1. The van der Waals surface area contributed by atoms with Crippen LogP contribution in [0.3, 0.4) is 0 Å². The Morgan fingerprint density at radius 3 is 2.36 bits per heavy atom. The molecule has 2 N–H and O–H groups in total. The number of benzene rings is 1. The largest absolute Gasteiger partial charge is 0.481 e. The summed E-state index contributed by atoms with van der Waals surface area (Å²) in [6.45, 7) is 16.8. The van der Waals surface area contributed by atoms with Crippen LogP contribution < -0.4 is 9.80 Å². The number of aryl methyl sites for hydroxylation is 2. The molecule has 252 valence electrons. The van der Waals surface area contributed by atoms with Crippen molar-refractivity contribution in [2.45, 2.75) is 98.3 Å². The summed E-state index contributed by atoms with van der Waals surface area (Å²) in [4.78, 5) is 28.0. The predicted molar refractivity (Wildman–Crippen MR) is 185 cm³/mol. The van der Waals surface area contributed by atoms with Crippen molar-refractivity contribution in [2.24, 2.45) is 5.41 Å². The maximum atomic E-state index is 15.3. The van der Waals surface area contributed by atoms with Gasteiger partial charge in [-0.1, -0.05) is 32.0 Å². The summed E-state index contributed by atoms with van der Waals surface area (Å²) in [6.07, 6.45) is 5.95. The first kappa shape index (κ1) is 33.3. The summed E-state index contributed by atoms with van der Waals surface area (Å²) in [5.41, 5.74) is 8.95. The second-order valence-electron chi connectivity index (χ2n) is 15.2. The fraction of sp³-hybridized carbons (Fsp3) is 0.553. The number of carbonyl (C=O) groups is 1. The molecule has 0 aliphatic carbocycles. The molecule has 9 heteroatoms. The van der Waals surface area contributed by atoms with Gasteiger partial charge >= 0.3 is 5.97 Å². The highest BCUT2D eigenvalue weighted by atomic mass is 19.1. The minimum absolute atomic E-state index is 0.0563. The summed E-state index contributed by atoms with van der Waals surface area (Å²) in [6, 6.07) is 8.48. The number of halogens is 1. The van der Waals surface area contributed by atoms with Gasteiger partial charge in [-0.15, -0.1) is 0 Å². The third kappa shape index (κ3) is 7.02. The first-order valence-electron chi connectivity index (χ1n) is 17.2. The number of carboxylic acid groups (broad SMARTS) is 1. The van der Waals surface area contributed by atoms with Gasteiger partial charge in [-0.2, -0.15) is 0 Å². The monoisotopic (exact) mass is 643 g/mol. The summed E-state index contributed by atoms with van der Waals surface area (Å²) in [5, 5.41) is 20.3. The topological polar surface area (TPSA) is 93.0 Å². The number of anilines is 2. The summed E-state index contributed by atoms with van der Waals surface area (Å²) < 4.78 is 15.3. The van der Waals surface area contributed by atoms with Crippen molar-refractivity contribution in [2.75, 3.05) is 42.5 Å². The number of hydrogen-bond donors (Lipinski definition) is 2. The van der Waals surface area contributed by atoms with Gasteiger partial charge in [0.2, 0.25) is 0 Å². The number of rotatable bonds is 7. The molecular weight excluding hydrogens is 593 g/mol. The summed E-state index contributed by atoms with van der Waals surface area (Å²) in [5.74, 6) is -0.908. The number of piperidine rings is 2. The van der Waals surface area contributed by atoms with E-state index in [0.29, 0.717) is 18.8 Å². The molecule has 2 fully saturated rings. The number of aromatic nitrogens is 2. The Hall–Kier alpha value is -3.56. The van der Waals surface area contributed by atoms with Crippen molar-refractivity contribution in [1.82, 2.24) is 14.9 Å². The van der Waals surface area contributed by atoms with Crippen molar-refractivity contribution >= 4 is 17.3 Å². The van der Waals surface area contributed by atoms with E-state index in [9.17, 15) is 15.0 Å². The zero-order valence-corrected chi connectivity index (χ0v) is 28.9. The maximum Gasteiger partial charge on any atom is 0.307 e. The number of likely N-dealkylation sites (tertiary alicyclic amines) is 1. The van der Waals surface area contributed by atoms with E-state index in [1.54, 1.807) is 0 Å². The first-order chi connectivity index (χ1) is 22.2. The fourth-order valence-corrected chi connectivity index (χ4v) is 7.81. The Labute approximate surface area is 278 Å². The van der Waals surface area contributed by atoms with E-state index < -0.39 is 11.7 Å². The zero-order valence-electron chi connectivity index (χ0n) is 28.9. The maximum absolute atomic E-state index is 15.3. The lowest BCUT2D eigenvalue weighted by Crippen LogP contribution is -2.47. The van der Waals surface area contributed by atoms with Gasteiger partial charge in [0.1, 0.15) is 5.72 Å². The van der Waals surface area contributed by atoms with Gasteiger partial charge in [-0.05, 0) is 88.0 Å². The van der Waals surface area contributed by atoms with Gasteiger partial charge in [0.15, 0.2) is 5.82 Å². The average molecular weight is 644 g/mol. The number of hydrogen-bond acceptors (Lipinski definition) is 7. The highest BCUT2D eigenvalue weighted by molar-refractivity contribution is 5.86. The van der Waals surface area contributed by atoms with E-state index in [4.69, 9.17) is 4.98 Å². The third-order valence-electron chi connectivity index (χ3n) is 10.8. The molecule has 2 saturated heterocycles. The predicted octanol–water partition coefficient (Wildman–Crippen LogP) is 6.62. The fourth-order valence-electron chi connectivity index (χ4n) is 7.81. The van der Waals surface area contributed by atoms with Crippen LogP contribution in [0, 0.1) is 25.1 Å². The Morgan fingerprint density at radius 1 is 1.00 bits per heavy atom. The van der Waals surface area contributed by atoms with Crippen LogP contribution in [0.5, 0.6) is 0 Å². The third-order valence-corrected chi connectivity index (χ3v) is 10.8. The van der Waals surface area contributed by atoms with E-state index in [-0.39, 0.29) is 23.6 Å². The summed E-state index contributed by atoms with van der Waals surface area (Å²) >= 11 is 0. The molecule has 3 aromatic rings. The number of nitrogens with zero attached hydrogens (tertiary/aromatic N) is 5. The lowest BCUT2D eigenvalue weighted by atomic mass is 9.82. The van der Waals surface area contributed by atoms with Gasteiger partial charge in [0.05, 0.1) is 24.0 Å². The lowest BCUT2D eigenvalue weighted by Gasteiger charge is -2.40. The lowest BCUT2D eigenvalue weighted by molar-refractivity contribution is -0.136. The van der Waals surface area contributed by atoms with Crippen LogP contribution in [0.25, 0.3) is 11.1 Å². The Balaban J connectivity index is 1.28. The molecule has 6 rings (SSSR count). The van der Waals surface area contributed by atoms with Crippen molar-refractivity contribution in [3.05, 3.63) is 70.1 Å². The Morgan fingerprint density at radius 2 is 1.70 bits per heavy atom. The minimum Gasteiger partial charge on any atom is -0.481 e. The van der Waals surface area contributed by atoms with E-state index in [0.717, 1.165) is 97.7 Å². The van der Waals surface area contributed by atoms with Gasteiger partial charge in [0.25, 0.3) is 0 Å². The van der Waals surface area contributed by atoms with Crippen molar-refractivity contribution in [3.8, 4) is 11.1 Å². The molecule has 0 atom stereocenters. The summed E-state index contributed by atoms with van der Waals surface area (Å²) in [7, 11) is 0. The van der Waals surface area contributed by atoms with Crippen molar-refractivity contribution in [1.29, 1.82) is 0 Å². The molecule has 47 heavy (non-hydrogen) atoms. The van der Waals surface area contributed by atoms with Crippen LogP contribution >= 0.6 is 0 Å². The van der Waals surface area contributed by atoms with Crippen LogP contribution in [-0.4, -0.2) is 69.5 Å². The number of fused-ring (bicyclic) bond motifs is 1. The van der Waals surface area contributed by atoms with Gasteiger partial charge in [0, 0.05) is 73.4 Å². The smallest absolute Gasteiger partial charge is 0.307 e. The molecule has 2 aromatic heterocycles. The quantitative estimate of drug-likeness (QED) is 0.297. The number of pyridine rings is 2. The molecule has 0 amide bonds. The number of aliphatic hydroxyl groups is 1. The molecule has 3 aliphatic rings. The molecular formula is C38H50FN5O3. The minimum atomic E-state index is -0.847. The molecule has 3 aliphatic heterocycles. The van der Waals surface area contributed by atoms with Crippen LogP contribution in [0.1, 0.15) is 93.1 Å². The SMILES string of the molecule is Cc1nc(C)c(-c2ccc3c(c2)CCN(c2cc(C4CCN(C(C)(C)O)CC4)ncc2F)C3)c(N2CCC(C)(C)CC2)c1CC(=O)O. The van der Waals surface area contributed by atoms with Crippen LogP contribution in [0.2, 0.25) is 0 Å². The van der Waals surface area contributed by atoms with Gasteiger partial charge in [-0.3, -0.25) is 19.7 Å². The molecule has 0 spiro atoms. The van der Waals surface area contributed by atoms with E-state index >= 15 is 4.39 Å². The van der Waals surface area contributed by atoms with Gasteiger partial charge in [-0.25, -0.2) is 4.39 Å². The number of carboxylic acids is 1.